The molecule has 2 N–H and O–H groups in total. The second-order valence-corrected chi connectivity index (χ2v) is 5.66. The van der Waals surface area contributed by atoms with E-state index in [9.17, 15) is 14.4 Å². The Labute approximate surface area is 150 Å². The van der Waals surface area contributed by atoms with Crippen molar-refractivity contribution in [2.75, 3.05) is 11.9 Å². The Hall–Kier alpha value is -2.86. The summed E-state index contributed by atoms with van der Waals surface area (Å²) in [6.07, 6.45) is 0. The molecule has 130 valence electrons. The fraction of sp³-hybridized carbons (Fsp3) is 0.167. The zero-order chi connectivity index (χ0) is 18.2. The van der Waals surface area contributed by atoms with E-state index in [2.05, 4.69) is 10.6 Å². The molecule has 0 fully saturated rings. The van der Waals surface area contributed by atoms with Crippen molar-refractivity contribution >= 4 is 35.1 Å². The molecule has 0 heterocycles. The molecule has 2 aromatic rings. The van der Waals surface area contributed by atoms with Crippen molar-refractivity contribution in [3.05, 3.63) is 65.2 Å². The van der Waals surface area contributed by atoms with Gasteiger partial charge in [0.05, 0.1) is 0 Å². The number of rotatable bonds is 6. The lowest BCUT2D eigenvalue weighted by Gasteiger charge is -2.13. The molecule has 0 unspecified atom stereocenters. The first-order valence-corrected chi connectivity index (χ1v) is 7.91. The number of esters is 1. The van der Waals surface area contributed by atoms with Crippen molar-refractivity contribution in [3.8, 4) is 0 Å². The molecule has 7 heteroatoms. The van der Waals surface area contributed by atoms with E-state index in [4.69, 9.17) is 16.3 Å². The first-order valence-electron chi connectivity index (χ1n) is 7.53. The minimum atomic E-state index is -0.883. The van der Waals surface area contributed by atoms with Crippen LogP contribution in [0.2, 0.25) is 5.02 Å². The topological polar surface area (TPSA) is 84.5 Å². The van der Waals surface area contributed by atoms with Gasteiger partial charge in [-0.2, -0.15) is 0 Å². The smallest absolute Gasteiger partial charge is 0.328 e. The SMILES string of the molecule is C[C@@H](NC(=O)c1ccccc1)C(=O)OCC(=O)Nc1cccc(Cl)c1. The van der Waals surface area contributed by atoms with Gasteiger partial charge in [0, 0.05) is 16.3 Å². The van der Waals surface area contributed by atoms with Crippen LogP contribution in [0.4, 0.5) is 5.69 Å². The second kappa shape index (κ2) is 8.84. The highest BCUT2D eigenvalue weighted by Crippen LogP contribution is 2.14. The summed E-state index contributed by atoms with van der Waals surface area (Å²) in [5.74, 6) is -1.60. The fourth-order valence-corrected chi connectivity index (χ4v) is 2.14. The van der Waals surface area contributed by atoms with Crippen LogP contribution in [0.25, 0.3) is 0 Å². The van der Waals surface area contributed by atoms with Gasteiger partial charge in [-0.15, -0.1) is 0 Å². The molecular weight excluding hydrogens is 344 g/mol. The molecule has 0 aliphatic rings. The summed E-state index contributed by atoms with van der Waals surface area (Å²) in [6.45, 7) is 1.02. The molecule has 0 saturated heterocycles. The van der Waals surface area contributed by atoms with Crippen molar-refractivity contribution < 1.29 is 19.1 Å². The van der Waals surface area contributed by atoms with Gasteiger partial charge in [0.1, 0.15) is 6.04 Å². The predicted molar refractivity (Wildman–Crippen MR) is 94.4 cm³/mol. The quantitative estimate of drug-likeness (QED) is 0.775. The van der Waals surface area contributed by atoms with Gasteiger partial charge in [-0.25, -0.2) is 4.79 Å². The van der Waals surface area contributed by atoms with E-state index in [0.717, 1.165) is 0 Å². The number of carbonyl (C=O) groups excluding carboxylic acids is 3. The summed E-state index contributed by atoms with van der Waals surface area (Å²) in [5.41, 5.74) is 0.930. The molecule has 0 bridgehead atoms. The summed E-state index contributed by atoms with van der Waals surface area (Å²) in [5, 5.41) is 5.55. The minimum absolute atomic E-state index is 0.395. The molecule has 2 amide bonds. The average Bonchev–Trinajstić information content (AvgIpc) is 2.60. The number of nitrogens with one attached hydrogen (secondary N) is 2. The van der Waals surface area contributed by atoms with Gasteiger partial charge in [-0.1, -0.05) is 35.9 Å². The zero-order valence-electron chi connectivity index (χ0n) is 13.5. The molecule has 0 aromatic heterocycles. The molecule has 0 radical (unpaired) electrons. The van der Waals surface area contributed by atoms with Gasteiger partial charge in [-0.3, -0.25) is 9.59 Å². The maximum Gasteiger partial charge on any atom is 0.328 e. The molecule has 2 aromatic carbocycles. The summed E-state index contributed by atoms with van der Waals surface area (Å²) >= 11 is 5.82. The lowest BCUT2D eigenvalue weighted by molar-refractivity contribution is -0.148. The van der Waals surface area contributed by atoms with Crippen LogP contribution in [0.5, 0.6) is 0 Å². The highest BCUT2D eigenvalue weighted by Gasteiger charge is 2.19. The van der Waals surface area contributed by atoms with Gasteiger partial charge >= 0.3 is 5.97 Å². The van der Waals surface area contributed by atoms with Crippen molar-refractivity contribution in [2.24, 2.45) is 0 Å². The van der Waals surface area contributed by atoms with Crippen LogP contribution in [0.15, 0.2) is 54.6 Å². The number of anilines is 1. The Kier molecular flexibility index (Phi) is 6.54. The van der Waals surface area contributed by atoms with E-state index in [-0.39, 0.29) is 0 Å². The molecule has 0 spiro atoms. The molecule has 0 aliphatic heterocycles. The summed E-state index contributed by atoms with van der Waals surface area (Å²) in [4.78, 5) is 35.6. The molecule has 2 rings (SSSR count). The van der Waals surface area contributed by atoms with Crippen molar-refractivity contribution in [3.63, 3.8) is 0 Å². The van der Waals surface area contributed by atoms with Gasteiger partial charge in [0.15, 0.2) is 6.61 Å². The third-order valence-corrected chi connectivity index (χ3v) is 3.43. The lowest BCUT2D eigenvalue weighted by Crippen LogP contribution is -2.40. The molecule has 25 heavy (non-hydrogen) atoms. The Morgan fingerprint density at radius 1 is 1.08 bits per heavy atom. The minimum Gasteiger partial charge on any atom is -0.454 e. The highest BCUT2D eigenvalue weighted by atomic mass is 35.5. The second-order valence-electron chi connectivity index (χ2n) is 5.23. The molecule has 6 nitrogen and oxygen atoms in total. The van der Waals surface area contributed by atoms with Crippen LogP contribution in [0.3, 0.4) is 0 Å². The van der Waals surface area contributed by atoms with E-state index >= 15 is 0 Å². The highest BCUT2D eigenvalue weighted by molar-refractivity contribution is 6.30. The number of amides is 2. The Morgan fingerprint density at radius 2 is 1.80 bits per heavy atom. The van der Waals surface area contributed by atoms with Crippen LogP contribution in [0.1, 0.15) is 17.3 Å². The van der Waals surface area contributed by atoms with Gasteiger partial charge in [-0.05, 0) is 37.3 Å². The average molecular weight is 361 g/mol. The first kappa shape index (κ1) is 18.5. The van der Waals surface area contributed by atoms with Crippen LogP contribution < -0.4 is 10.6 Å². The molecule has 0 saturated carbocycles. The van der Waals surface area contributed by atoms with E-state index < -0.39 is 30.4 Å². The third-order valence-electron chi connectivity index (χ3n) is 3.19. The van der Waals surface area contributed by atoms with Crippen molar-refractivity contribution in [1.29, 1.82) is 0 Å². The Balaban J connectivity index is 1.79. The maximum atomic E-state index is 12.0. The summed E-state index contributed by atoms with van der Waals surface area (Å²) in [7, 11) is 0. The van der Waals surface area contributed by atoms with Crippen LogP contribution >= 0.6 is 11.6 Å². The largest absolute Gasteiger partial charge is 0.454 e. The van der Waals surface area contributed by atoms with Crippen LogP contribution in [0, 0.1) is 0 Å². The van der Waals surface area contributed by atoms with Crippen LogP contribution in [-0.4, -0.2) is 30.4 Å². The first-order chi connectivity index (χ1) is 12.0. The lowest BCUT2D eigenvalue weighted by atomic mass is 10.2. The maximum absolute atomic E-state index is 12.0. The van der Waals surface area contributed by atoms with E-state index in [0.29, 0.717) is 16.3 Å². The molecule has 0 aliphatic carbocycles. The van der Waals surface area contributed by atoms with Crippen molar-refractivity contribution in [1.82, 2.24) is 5.32 Å². The van der Waals surface area contributed by atoms with Gasteiger partial charge in [0.2, 0.25) is 0 Å². The third kappa shape index (κ3) is 5.93. The standard InChI is InChI=1S/C18H17ClN2O4/c1-12(20-17(23)13-6-3-2-4-7-13)18(24)25-11-16(22)21-15-9-5-8-14(19)10-15/h2-10,12H,11H2,1H3,(H,20,23)(H,21,22)/t12-/m1/s1. The summed E-state index contributed by atoms with van der Waals surface area (Å²) in [6, 6.07) is 14.2. The van der Waals surface area contributed by atoms with Gasteiger partial charge in [0.25, 0.3) is 11.8 Å². The monoisotopic (exact) mass is 360 g/mol. The number of hydrogen-bond acceptors (Lipinski definition) is 4. The number of hydrogen-bond donors (Lipinski definition) is 2. The Bertz CT molecular complexity index is 765. The number of carbonyl (C=O) groups is 3. The van der Waals surface area contributed by atoms with Gasteiger partial charge < -0.3 is 15.4 Å². The van der Waals surface area contributed by atoms with E-state index in [1.165, 1.54) is 6.92 Å². The summed E-state index contributed by atoms with van der Waals surface area (Å²) < 4.78 is 4.91. The Morgan fingerprint density at radius 3 is 2.48 bits per heavy atom. The molecule has 1 atom stereocenters. The van der Waals surface area contributed by atoms with E-state index in [1.807, 2.05) is 0 Å². The number of benzene rings is 2. The predicted octanol–water partition coefficient (Wildman–Crippen LogP) is 2.64. The number of ether oxygens (including phenoxy) is 1. The molecular formula is C18H17ClN2O4. The fourth-order valence-electron chi connectivity index (χ4n) is 1.95. The van der Waals surface area contributed by atoms with Crippen LogP contribution in [-0.2, 0) is 14.3 Å². The van der Waals surface area contributed by atoms with E-state index in [1.54, 1.807) is 54.6 Å². The normalized spacial score (nSPS) is 11.3. The van der Waals surface area contributed by atoms with Crippen molar-refractivity contribution in [2.45, 2.75) is 13.0 Å². The zero-order valence-corrected chi connectivity index (χ0v) is 14.2. The number of halogens is 1.